The standard InChI is InChI=1S/C10H14N4O2/c1-6(13-14-10(11)12)8-5-7(16-2)3-4-9(8)15/h3-5,15H,1-2H3,(H4,11,12,14)/p+1/b13-6+. The third-order valence-corrected chi connectivity index (χ3v) is 1.95. The molecule has 0 radical (unpaired) electrons. The summed E-state index contributed by atoms with van der Waals surface area (Å²) in [4.78, 5) is 0. The minimum atomic E-state index is -0.0123. The number of hydrazone groups is 1. The Hall–Kier alpha value is -2.24. The molecule has 0 spiro atoms. The van der Waals surface area contributed by atoms with Crippen molar-refractivity contribution in [2.75, 3.05) is 7.11 Å². The van der Waals surface area contributed by atoms with Gasteiger partial charge in [0.2, 0.25) is 0 Å². The first kappa shape index (κ1) is 11.8. The fourth-order valence-electron chi connectivity index (χ4n) is 1.14. The molecule has 0 aliphatic heterocycles. The zero-order chi connectivity index (χ0) is 12.1. The van der Waals surface area contributed by atoms with Crippen LogP contribution in [0.1, 0.15) is 12.5 Å². The molecule has 0 aromatic heterocycles. The molecule has 0 saturated heterocycles. The smallest absolute Gasteiger partial charge is 0.362 e. The van der Waals surface area contributed by atoms with Crippen molar-refractivity contribution in [3.8, 4) is 11.5 Å². The predicted octanol–water partition coefficient (Wildman–Crippen LogP) is -1.52. The number of aromatic hydroxyl groups is 1. The van der Waals surface area contributed by atoms with Crippen molar-refractivity contribution >= 4 is 11.7 Å². The number of ether oxygens (including phenoxy) is 1. The van der Waals surface area contributed by atoms with Crippen molar-refractivity contribution in [2.45, 2.75) is 6.92 Å². The number of nitrogens with two attached hydrogens (primary N) is 2. The number of phenolic OH excluding ortho intramolecular Hbond substituents is 1. The van der Waals surface area contributed by atoms with Gasteiger partial charge in [0.05, 0.1) is 12.8 Å². The van der Waals surface area contributed by atoms with Crippen LogP contribution >= 0.6 is 0 Å². The van der Waals surface area contributed by atoms with Crippen LogP contribution in [0.5, 0.6) is 11.5 Å². The van der Waals surface area contributed by atoms with Crippen molar-refractivity contribution in [3.63, 3.8) is 0 Å². The van der Waals surface area contributed by atoms with Gasteiger partial charge in [0, 0.05) is 5.56 Å². The van der Waals surface area contributed by atoms with Gasteiger partial charge in [-0.1, -0.05) is 0 Å². The van der Waals surface area contributed by atoms with Gasteiger partial charge in [-0.3, -0.25) is 11.5 Å². The first-order valence-electron chi connectivity index (χ1n) is 4.60. The van der Waals surface area contributed by atoms with Crippen molar-refractivity contribution in [1.29, 1.82) is 0 Å². The van der Waals surface area contributed by atoms with E-state index in [0.717, 1.165) is 0 Å². The summed E-state index contributed by atoms with van der Waals surface area (Å²) in [6, 6.07) is 4.86. The average molecular weight is 223 g/mol. The molecule has 0 heterocycles. The predicted molar refractivity (Wildman–Crippen MR) is 61.2 cm³/mol. The second kappa shape index (κ2) is 5.01. The third-order valence-electron chi connectivity index (χ3n) is 1.95. The lowest BCUT2D eigenvalue weighted by Gasteiger charge is -2.05. The van der Waals surface area contributed by atoms with E-state index in [1.807, 2.05) is 0 Å². The summed E-state index contributed by atoms with van der Waals surface area (Å²) in [5.41, 5.74) is 11.5. The lowest BCUT2D eigenvalue weighted by Crippen LogP contribution is -2.72. The summed E-state index contributed by atoms with van der Waals surface area (Å²) in [5, 5.41) is 15.9. The Morgan fingerprint density at radius 2 is 2.12 bits per heavy atom. The highest BCUT2D eigenvalue weighted by atomic mass is 16.5. The Labute approximate surface area is 93.2 Å². The van der Waals surface area contributed by atoms with Crippen molar-refractivity contribution in [2.24, 2.45) is 16.6 Å². The molecule has 0 fully saturated rings. The van der Waals surface area contributed by atoms with E-state index in [0.29, 0.717) is 17.0 Å². The van der Waals surface area contributed by atoms with E-state index in [2.05, 4.69) is 10.2 Å². The van der Waals surface area contributed by atoms with Crippen LogP contribution < -0.4 is 21.3 Å². The molecular formula is C10H15N4O2+. The van der Waals surface area contributed by atoms with Crippen LogP contribution in [0, 0.1) is 0 Å². The second-order valence-electron chi connectivity index (χ2n) is 3.15. The van der Waals surface area contributed by atoms with Crippen LogP contribution in [-0.4, -0.2) is 23.9 Å². The van der Waals surface area contributed by atoms with Gasteiger partial charge >= 0.3 is 5.96 Å². The molecule has 16 heavy (non-hydrogen) atoms. The lowest BCUT2D eigenvalue weighted by atomic mass is 10.1. The maximum absolute atomic E-state index is 9.63. The molecule has 1 aromatic carbocycles. The molecule has 86 valence electrons. The molecule has 1 rings (SSSR count). The van der Waals surface area contributed by atoms with E-state index in [1.54, 1.807) is 26.2 Å². The van der Waals surface area contributed by atoms with Gasteiger partial charge in [-0.2, -0.15) is 5.10 Å². The Morgan fingerprint density at radius 1 is 1.44 bits per heavy atom. The fraction of sp³-hybridized carbons (Fsp3) is 0.200. The van der Waals surface area contributed by atoms with E-state index < -0.39 is 0 Å². The molecule has 0 bridgehead atoms. The second-order valence-corrected chi connectivity index (χ2v) is 3.15. The average Bonchev–Trinajstić information content (AvgIpc) is 2.26. The van der Waals surface area contributed by atoms with Crippen molar-refractivity contribution in [1.82, 2.24) is 0 Å². The molecule has 0 atom stereocenters. The summed E-state index contributed by atoms with van der Waals surface area (Å²) in [7, 11) is 1.55. The van der Waals surface area contributed by atoms with Crippen LogP contribution in [0.2, 0.25) is 0 Å². The van der Waals surface area contributed by atoms with Crippen molar-refractivity contribution < 1.29 is 14.9 Å². The van der Waals surface area contributed by atoms with E-state index in [1.165, 1.54) is 6.07 Å². The molecule has 0 amide bonds. The Bertz CT molecular complexity index is 436. The number of rotatable bonds is 3. The number of methoxy groups -OCH3 is 1. The Kier molecular flexibility index (Phi) is 3.71. The third kappa shape index (κ3) is 2.88. The molecule has 0 unspecified atom stereocenters. The lowest BCUT2D eigenvalue weighted by molar-refractivity contribution is -0.464. The van der Waals surface area contributed by atoms with Gasteiger partial charge in [0.15, 0.2) is 0 Å². The molecule has 0 saturated carbocycles. The van der Waals surface area contributed by atoms with Gasteiger partial charge in [-0.25, -0.2) is 0 Å². The van der Waals surface area contributed by atoms with Crippen LogP contribution in [-0.2, 0) is 0 Å². The van der Waals surface area contributed by atoms with Crippen molar-refractivity contribution in [3.05, 3.63) is 23.8 Å². The summed E-state index contributed by atoms with van der Waals surface area (Å²) < 4.78 is 5.04. The maximum atomic E-state index is 9.63. The van der Waals surface area contributed by atoms with E-state index >= 15 is 0 Å². The fourth-order valence-corrected chi connectivity index (χ4v) is 1.14. The van der Waals surface area contributed by atoms with Crippen LogP contribution in [0.15, 0.2) is 23.3 Å². The molecule has 0 aliphatic rings. The van der Waals surface area contributed by atoms with Gasteiger partial charge in [-0.15, -0.1) is 5.10 Å². The van der Waals surface area contributed by atoms with Crippen LogP contribution in [0.4, 0.5) is 0 Å². The quantitative estimate of drug-likeness (QED) is 0.283. The Balaban J connectivity index is 3.11. The number of phenols is 1. The van der Waals surface area contributed by atoms with Gasteiger partial charge < -0.3 is 9.84 Å². The van der Waals surface area contributed by atoms with Crippen LogP contribution in [0.25, 0.3) is 0 Å². The summed E-state index contributed by atoms with van der Waals surface area (Å²) in [5.74, 6) is 0.730. The monoisotopic (exact) mass is 223 g/mol. The molecule has 0 aliphatic carbocycles. The first-order chi connectivity index (χ1) is 7.54. The Morgan fingerprint density at radius 3 is 2.69 bits per heavy atom. The molecule has 6 N–H and O–H groups in total. The molecule has 6 nitrogen and oxygen atoms in total. The zero-order valence-electron chi connectivity index (χ0n) is 9.19. The SMILES string of the molecule is COc1ccc(O)c(/C(C)=N/[NH+]=C(N)N)c1. The number of nitrogens with one attached hydrogen (secondary N) is 1. The summed E-state index contributed by atoms with van der Waals surface area (Å²) in [6.07, 6.45) is 0. The molecule has 1 aromatic rings. The largest absolute Gasteiger partial charge is 0.507 e. The van der Waals surface area contributed by atoms with Gasteiger partial charge in [0.25, 0.3) is 0 Å². The summed E-state index contributed by atoms with van der Waals surface area (Å²) >= 11 is 0. The van der Waals surface area contributed by atoms with Gasteiger partial charge in [-0.05, 0) is 25.1 Å². The minimum absolute atomic E-state index is 0.0123. The maximum Gasteiger partial charge on any atom is 0.362 e. The number of hydrogen-bond acceptors (Lipinski definition) is 3. The number of benzene rings is 1. The van der Waals surface area contributed by atoms with E-state index in [9.17, 15) is 5.11 Å². The summed E-state index contributed by atoms with van der Waals surface area (Å²) in [6.45, 7) is 1.71. The highest BCUT2D eigenvalue weighted by Gasteiger charge is 2.06. The zero-order valence-corrected chi connectivity index (χ0v) is 9.19. The normalized spacial score (nSPS) is 11.0. The number of hydrogen-bond donors (Lipinski definition) is 4. The van der Waals surface area contributed by atoms with Crippen LogP contribution in [0.3, 0.4) is 0 Å². The number of guanidine groups is 1. The first-order valence-corrected chi connectivity index (χ1v) is 4.60. The number of nitrogens with zero attached hydrogens (tertiary/aromatic N) is 1. The molecular weight excluding hydrogens is 208 g/mol. The van der Waals surface area contributed by atoms with E-state index in [-0.39, 0.29) is 11.7 Å². The topological polar surface area (TPSA) is 108 Å². The molecule has 6 heteroatoms. The van der Waals surface area contributed by atoms with Gasteiger partial charge in [0.1, 0.15) is 11.5 Å². The highest BCUT2D eigenvalue weighted by molar-refractivity contribution is 6.01. The highest BCUT2D eigenvalue weighted by Crippen LogP contribution is 2.23. The van der Waals surface area contributed by atoms with E-state index in [4.69, 9.17) is 16.2 Å². The minimum Gasteiger partial charge on any atom is -0.507 e.